The third-order valence-corrected chi connectivity index (χ3v) is 6.13. The highest BCUT2D eigenvalue weighted by molar-refractivity contribution is 5.42. The summed E-state index contributed by atoms with van der Waals surface area (Å²) in [5.74, 6) is 0.705. The summed E-state index contributed by atoms with van der Waals surface area (Å²) in [7, 11) is 0. The average molecular weight is 287 g/mol. The van der Waals surface area contributed by atoms with Crippen molar-refractivity contribution in [2.75, 3.05) is 6.54 Å². The summed E-state index contributed by atoms with van der Waals surface area (Å²) >= 11 is 0. The van der Waals surface area contributed by atoms with E-state index in [-0.39, 0.29) is 0 Å². The van der Waals surface area contributed by atoms with Crippen molar-refractivity contribution in [1.29, 1.82) is 0 Å². The maximum absolute atomic E-state index is 3.86. The van der Waals surface area contributed by atoms with Crippen molar-refractivity contribution in [1.82, 2.24) is 5.32 Å². The summed E-state index contributed by atoms with van der Waals surface area (Å²) in [6.07, 6.45) is 1.19. The molecule has 1 aromatic carbocycles. The lowest BCUT2D eigenvalue weighted by Crippen LogP contribution is -2.27. The van der Waals surface area contributed by atoms with Gasteiger partial charge in [-0.1, -0.05) is 52.3 Å². The van der Waals surface area contributed by atoms with Gasteiger partial charge in [0.25, 0.3) is 0 Å². The summed E-state index contributed by atoms with van der Waals surface area (Å²) < 4.78 is 0. The zero-order chi connectivity index (χ0) is 16.0. The van der Waals surface area contributed by atoms with Gasteiger partial charge >= 0.3 is 0 Å². The summed E-state index contributed by atoms with van der Waals surface area (Å²) in [5.41, 5.74) is 6.61. The van der Waals surface area contributed by atoms with E-state index < -0.39 is 0 Å². The molecule has 0 saturated heterocycles. The van der Waals surface area contributed by atoms with Crippen LogP contribution in [0.5, 0.6) is 0 Å². The van der Waals surface area contributed by atoms with E-state index in [0.29, 0.717) is 22.8 Å². The molecule has 0 aromatic heterocycles. The zero-order valence-corrected chi connectivity index (χ0v) is 15.2. The molecule has 0 bridgehead atoms. The highest BCUT2D eigenvalue weighted by Crippen LogP contribution is 2.72. The van der Waals surface area contributed by atoms with Crippen molar-refractivity contribution in [2.24, 2.45) is 16.7 Å². The van der Waals surface area contributed by atoms with Crippen LogP contribution < -0.4 is 5.32 Å². The van der Waals surface area contributed by atoms with Gasteiger partial charge in [-0.2, -0.15) is 0 Å². The van der Waals surface area contributed by atoms with Gasteiger partial charge in [0.1, 0.15) is 0 Å². The number of aryl methyl sites for hydroxylation is 3. The monoisotopic (exact) mass is 287 g/mol. The first-order valence-corrected chi connectivity index (χ1v) is 8.45. The van der Waals surface area contributed by atoms with Crippen molar-refractivity contribution < 1.29 is 0 Å². The second-order valence-electron chi connectivity index (χ2n) is 8.17. The molecule has 118 valence electrons. The van der Waals surface area contributed by atoms with E-state index in [1.54, 1.807) is 0 Å². The van der Waals surface area contributed by atoms with Gasteiger partial charge in [0.15, 0.2) is 0 Å². The molecular formula is C20H33N. The van der Waals surface area contributed by atoms with Crippen molar-refractivity contribution in [3.63, 3.8) is 0 Å². The van der Waals surface area contributed by atoms with E-state index >= 15 is 0 Å². The van der Waals surface area contributed by atoms with Crippen molar-refractivity contribution >= 4 is 0 Å². The van der Waals surface area contributed by atoms with Crippen molar-refractivity contribution in [2.45, 2.75) is 67.9 Å². The quantitative estimate of drug-likeness (QED) is 0.771. The largest absolute Gasteiger partial charge is 0.310 e. The molecule has 1 aliphatic carbocycles. The Hall–Kier alpha value is -0.820. The van der Waals surface area contributed by atoms with Crippen LogP contribution in [0.25, 0.3) is 0 Å². The highest BCUT2D eigenvalue weighted by Gasteiger charge is 2.67. The van der Waals surface area contributed by atoms with E-state index in [1.165, 1.54) is 28.7 Å². The van der Waals surface area contributed by atoms with Gasteiger partial charge in [-0.25, -0.2) is 0 Å². The Labute approximate surface area is 131 Å². The standard InChI is InChI=1S/C20H33N/c1-9-10-21-17(18-19(5,6)20(18,7)8)16-14(3)11-13(2)12-15(16)4/h11-12,17-18,21H,9-10H2,1-8H3. The lowest BCUT2D eigenvalue weighted by Gasteiger charge is -2.25. The molecule has 1 aromatic rings. The number of rotatable bonds is 5. The molecule has 0 heterocycles. The Kier molecular flexibility index (Phi) is 4.28. The Morgan fingerprint density at radius 1 is 1.00 bits per heavy atom. The maximum atomic E-state index is 3.86. The Bertz CT molecular complexity index is 488. The molecule has 2 rings (SSSR count). The smallest absolute Gasteiger partial charge is 0.0364 e. The summed E-state index contributed by atoms with van der Waals surface area (Å²) in [4.78, 5) is 0. The van der Waals surface area contributed by atoms with Gasteiger partial charge in [-0.05, 0) is 67.2 Å². The normalized spacial score (nSPS) is 21.3. The van der Waals surface area contributed by atoms with E-state index in [9.17, 15) is 0 Å². The molecule has 0 spiro atoms. The second kappa shape index (κ2) is 5.43. The number of nitrogens with one attached hydrogen (secondary N) is 1. The lowest BCUT2D eigenvalue weighted by atomic mass is 9.88. The van der Waals surface area contributed by atoms with Gasteiger partial charge in [0.05, 0.1) is 0 Å². The fourth-order valence-electron chi connectivity index (χ4n) is 4.45. The summed E-state index contributed by atoms with van der Waals surface area (Å²) in [6, 6.07) is 5.16. The first-order valence-electron chi connectivity index (χ1n) is 8.45. The first-order chi connectivity index (χ1) is 9.64. The predicted octanol–water partition coefficient (Wildman–Crippen LogP) is 5.33. The van der Waals surface area contributed by atoms with Crippen LogP contribution >= 0.6 is 0 Å². The van der Waals surface area contributed by atoms with Gasteiger partial charge in [-0.15, -0.1) is 0 Å². The Morgan fingerprint density at radius 2 is 1.48 bits per heavy atom. The van der Waals surface area contributed by atoms with Crippen LogP contribution in [0.1, 0.15) is 69.3 Å². The fourth-order valence-corrected chi connectivity index (χ4v) is 4.45. The minimum Gasteiger partial charge on any atom is -0.310 e. The van der Waals surface area contributed by atoms with Gasteiger partial charge < -0.3 is 5.32 Å². The molecule has 1 fully saturated rings. The topological polar surface area (TPSA) is 12.0 Å². The summed E-state index contributed by atoms with van der Waals surface area (Å²) in [6.45, 7) is 19.8. The number of hydrogen-bond donors (Lipinski definition) is 1. The molecule has 1 heteroatoms. The van der Waals surface area contributed by atoms with Crippen LogP contribution in [-0.4, -0.2) is 6.54 Å². The molecule has 1 atom stereocenters. The van der Waals surface area contributed by atoms with Crippen LogP contribution in [0.4, 0.5) is 0 Å². The van der Waals surface area contributed by atoms with E-state index in [2.05, 4.69) is 72.8 Å². The molecule has 1 N–H and O–H groups in total. The minimum atomic E-state index is 0.405. The molecule has 0 radical (unpaired) electrons. The van der Waals surface area contributed by atoms with Crippen molar-refractivity contribution in [3.8, 4) is 0 Å². The maximum Gasteiger partial charge on any atom is 0.0364 e. The Morgan fingerprint density at radius 3 is 1.86 bits per heavy atom. The molecule has 1 saturated carbocycles. The Balaban J connectivity index is 2.44. The number of hydrogen-bond acceptors (Lipinski definition) is 1. The molecule has 21 heavy (non-hydrogen) atoms. The van der Waals surface area contributed by atoms with E-state index in [1.807, 2.05) is 0 Å². The molecule has 1 unspecified atom stereocenters. The average Bonchev–Trinajstić information content (AvgIpc) is 2.73. The first kappa shape index (κ1) is 16.5. The summed E-state index contributed by atoms with van der Waals surface area (Å²) in [5, 5.41) is 3.86. The van der Waals surface area contributed by atoms with Crippen LogP contribution in [0, 0.1) is 37.5 Å². The van der Waals surface area contributed by atoms with Crippen LogP contribution in [-0.2, 0) is 0 Å². The van der Waals surface area contributed by atoms with Crippen LogP contribution in [0.2, 0.25) is 0 Å². The van der Waals surface area contributed by atoms with Crippen LogP contribution in [0.15, 0.2) is 12.1 Å². The number of benzene rings is 1. The molecule has 0 aliphatic heterocycles. The van der Waals surface area contributed by atoms with Gasteiger partial charge in [0, 0.05) is 6.04 Å². The molecule has 1 nitrogen and oxygen atoms in total. The second-order valence-corrected chi connectivity index (χ2v) is 8.17. The minimum absolute atomic E-state index is 0.405. The fraction of sp³-hybridized carbons (Fsp3) is 0.700. The van der Waals surface area contributed by atoms with Gasteiger partial charge in [-0.3, -0.25) is 0 Å². The highest BCUT2D eigenvalue weighted by atomic mass is 15.0. The van der Waals surface area contributed by atoms with E-state index in [4.69, 9.17) is 0 Å². The van der Waals surface area contributed by atoms with Crippen LogP contribution in [0.3, 0.4) is 0 Å². The van der Waals surface area contributed by atoms with Gasteiger partial charge in [0.2, 0.25) is 0 Å². The zero-order valence-electron chi connectivity index (χ0n) is 15.2. The third-order valence-electron chi connectivity index (χ3n) is 6.13. The lowest BCUT2D eigenvalue weighted by molar-refractivity contribution is 0.407. The molecular weight excluding hydrogens is 254 g/mol. The third kappa shape index (κ3) is 2.65. The molecule has 1 aliphatic rings. The molecule has 0 amide bonds. The van der Waals surface area contributed by atoms with E-state index in [0.717, 1.165) is 6.54 Å². The van der Waals surface area contributed by atoms with Crippen molar-refractivity contribution in [3.05, 3.63) is 34.4 Å². The SMILES string of the molecule is CCCNC(c1c(C)cc(C)cc1C)C1C(C)(C)C1(C)C. The predicted molar refractivity (Wildman–Crippen MR) is 92.7 cm³/mol.